The van der Waals surface area contributed by atoms with Crippen LogP contribution in [0, 0.1) is 0 Å². The highest BCUT2D eigenvalue weighted by Gasteiger charge is 2.34. The molecule has 0 aromatic heterocycles. The van der Waals surface area contributed by atoms with E-state index in [9.17, 15) is 17.2 Å². The molecule has 0 saturated heterocycles. The van der Waals surface area contributed by atoms with Gasteiger partial charge in [0.15, 0.2) is 0 Å². The second-order valence-corrected chi connectivity index (χ2v) is 6.52. The summed E-state index contributed by atoms with van der Waals surface area (Å²) in [5.74, 6) is -3.20. The number of hydrogen-bond donors (Lipinski definition) is 2. The van der Waals surface area contributed by atoms with Crippen LogP contribution in [0.2, 0.25) is 0 Å². The van der Waals surface area contributed by atoms with Crippen LogP contribution in [-0.2, 0) is 10.0 Å². The van der Waals surface area contributed by atoms with Gasteiger partial charge in [0.05, 0.1) is 17.8 Å². The minimum atomic E-state index is -3.73. The van der Waals surface area contributed by atoms with Gasteiger partial charge in [-0.05, 0) is 20.8 Å². The smallest absolute Gasteiger partial charge is 0.273 e. The molecular weight excluding hydrogens is 214 g/mol. The van der Waals surface area contributed by atoms with Gasteiger partial charge in [-0.25, -0.2) is 21.9 Å². The van der Waals surface area contributed by atoms with Gasteiger partial charge >= 0.3 is 0 Å². The predicted molar refractivity (Wildman–Crippen MR) is 50.7 cm³/mol. The maximum absolute atomic E-state index is 12.6. The van der Waals surface area contributed by atoms with Crippen LogP contribution in [0.3, 0.4) is 0 Å². The molecule has 0 spiro atoms. The van der Waals surface area contributed by atoms with E-state index in [1.54, 1.807) is 0 Å². The van der Waals surface area contributed by atoms with Crippen LogP contribution in [0.15, 0.2) is 0 Å². The Hall–Kier alpha value is -0.270. The molecule has 0 bridgehead atoms. The molecule has 0 fully saturated rings. The molecule has 0 aliphatic heterocycles. The summed E-state index contributed by atoms with van der Waals surface area (Å²) < 4.78 is 48.6. The largest absolute Gasteiger partial charge is 0.325 e. The fraction of sp³-hybridized carbons (Fsp3) is 1.00. The molecule has 0 rings (SSSR count). The number of halogens is 2. The van der Waals surface area contributed by atoms with Crippen molar-refractivity contribution in [3.8, 4) is 0 Å². The number of nitrogens with two attached hydrogens (primary N) is 1. The minimum Gasteiger partial charge on any atom is -0.325 e. The molecule has 0 aromatic carbocycles. The van der Waals surface area contributed by atoms with Crippen LogP contribution in [0.1, 0.15) is 20.8 Å². The fourth-order valence-electron chi connectivity index (χ4n) is 0.489. The zero-order chi connectivity index (χ0) is 11.6. The lowest BCUT2D eigenvalue weighted by Crippen LogP contribution is -2.46. The Bertz CT molecular complexity index is 283. The summed E-state index contributed by atoms with van der Waals surface area (Å²) in [4.78, 5) is 0. The van der Waals surface area contributed by atoms with E-state index in [0.717, 1.165) is 0 Å². The van der Waals surface area contributed by atoms with Gasteiger partial charge in [-0.2, -0.15) is 0 Å². The first-order chi connectivity index (χ1) is 6.02. The zero-order valence-electron chi connectivity index (χ0n) is 8.47. The van der Waals surface area contributed by atoms with Crippen LogP contribution in [0.4, 0.5) is 8.78 Å². The van der Waals surface area contributed by atoms with Crippen molar-refractivity contribution in [1.82, 2.24) is 4.72 Å². The molecular formula is C7H16F2N2O2S. The van der Waals surface area contributed by atoms with Gasteiger partial charge in [0.25, 0.3) is 5.92 Å². The SMILES string of the molecule is CC(C)(C)S(=O)(=O)NCC(F)(F)CN. The normalized spacial score (nSPS) is 14.4. The van der Waals surface area contributed by atoms with Crippen LogP contribution in [0.5, 0.6) is 0 Å². The Balaban J connectivity index is 4.43. The molecule has 0 saturated carbocycles. The van der Waals surface area contributed by atoms with Crippen molar-refractivity contribution in [2.45, 2.75) is 31.4 Å². The number of hydrogen-bond acceptors (Lipinski definition) is 3. The Morgan fingerprint density at radius 2 is 1.71 bits per heavy atom. The quantitative estimate of drug-likeness (QED) is 0.729. The van der Waals surface area contributed by atoms with Crippen molar-refractivity contribution in [2.75, 3.05) is 13.1 Å². The van der Waals surface area contributed by atoms with Crippen molar-refractivity contribution in [2.24, 2.45) is 5.73 Å². The first-order valence-corrected chi connectivity index (χ1v) is 5.57. The van der Waals surface area contributed by atoms with Crippen LogP contribution >= 0.6 is 0 Å². The Morgan fingerprint density at radius 3 is 2.00 bits per heavy atom. The average molecular weight is 230 g/mol. The summed E-state index contributed by atoms with van der Waals surface area (Å²) in [6.07, 6.45) is 0. The van der Waals surface area contributed by atoms with Crippen molar-refractivity contribution in [3.05, 3.63) is 0 Å². The van der Waals surface area contributed by atoms with Crippen molar-refractivity contribution in [3.63, 3.8) is 0 Å². The summed E-state index contributed by atoms with van der Waals surface area (Å²) >= 11 is 0. The first-order valence-electron chi connectivity index (χ1n) is 4.09. The molecule has 0 amide bonds. The van der Waals surface area contributed by atoms with Gasteiger partial charge in [-0.15, -0.1) is 0 Å². The zero-order valence-corrected chi connectivity index (χ0v) is 9.29. The van der Waals surface area contributed by atoms with E-state index in [1.807, 2.05) is 4.72 Å². The molecule has 86 valence electrons. The Kier molecular flexibility index (Phi) is 4.00. The monoisotopic (exact) mass is 230 g/mol. The Morgan fingerprint density at radius 1 is 1.29 bits per heavy atom. The standard InChI is InChI=1S/C7H16F2N2O2S/c1-6(2,3)14(12,13)11-5-7(8,9)4-10/h11H,4-5,10H2,1-3H3. The highest BCUT2D eigenvalue weighted by Crippen LogP contribution is 2.15. The van der Waals surface area contributed by atoms with Gasteiger partial charge < -0.3 is 5.73 Å². The van der Waals surface area contributed by atoms with Crippen LogP contribution < -0.4 is 10.5 Å². The summed E-state index contributed by atoms with van der Waals surface area (Å²) in [5, 5.41) is 0. The molecule has 0 unspecified atom stereocenters. The van der Waals surface area contributed by atoms with Gasteiger partial charge in [-0.1, -0.05) is 0 Å². The minimum absolute atomic E-state index is 0.875. The van der Waals surface area contributed by atoms with Crippen LogP contribution in [0.25, 0.3) is 0 Å². The summed E-state index contributed by atoms with van der Waals surface area (Å²) in [6, 6.07) is 0. The second-order valence-electron chi connectivity index (χ2n) is 4.00. The lowest BCUT2D eigenvalue weighted by molar-refractivity contribution is 0.0169. The second kappa shape index (κ2) is 4.08. The third-order valence-corrected chi connectivity index (χ3v) is 3.76. The molecule has 0 radical (unpaired) electrons. The summed E-state index contributed by atoms with van der Waals surface area (Å²) in [6.45, 7) is 2.45. The predicted octanol–water partition coefficient (Wildman–Crippen LogP) is 0.298. The maximum Gasteiger partial charge on any atom is 0.273 e. The van der Waals surface area contributed by atoms with Gasteiger partial charge in [0.1, 0.15) is 0 Å². The molecule has 0 heterocycles. The van der Waals surface area contributed by atoms with Gasteiger partial charge in [0, 0.05) is 0 Å². The first kappa shape index (κ1) is 13.7. The summed E-state index contributed by atoms with van der Waals surface area (Å²) in [5.41, 5.74) is 4.76. The molecule has 0 aliphatic carbocycles. The number of alkyl halides is 2. The maximum atomic E-state index is 12.6. The van der Waals surface area contributed by atoms with Crippen molar-refractivity contribution < 1.29 is 17.2 Å². The van der Waals surface area contributed by atoms with E-state index in [2.05, 4.69) is 0 Å². The molecule has 14 heavy (non-hydrogen) atoms. The lowest BCUT2D eigenvalue weighted by atomic mass is 10.3. The van der Waals surface area contributed by atoms with E-state index in [-0.39, 0.29) is 0 Å². The number of rotatable bonds is 4. The lowest BCUT2D eigenvalue weighted by Gasteiger charge is -2.22. The van der Waals surface area contributed by atoms with Crippen molar-refractivity contribution >= 4 is 10.0 Å². The number of sulfonamides is 1. The topological polar surface area (TPSA) is 72.2 Å². The third-order valence-electron chi connectivity index (χ3n) is 1.63. The highest BCUT2D eigenvalue weighted by atomic mass is 32.2. The van der Waals surface area contributed by atoms with E-state index >= 15 is 0 Å². The van der Waals surface area contributed by atoms with E-state index in [0.29, 0.717) is 0 Å². The molecule has 0 aliphatic rings. The van der Waals surface area contributed by atoms with Gasteiger partial charge in [0.2, 0.25) is 10.0 Å². The fourth-order valence-corrected chi connectivity index (χ4v) is 1.32. The molecule has 7 heteroatoms. The molecule has 0 aromatic rings. The summed E-state index contributed by atoms with van der Waals surface area (Å²) in [7, 11) is -3.73. The van der Waals surface area contributed by atoms with Crippen LogP contribution in [-0.4, -0.2) is 32.2 Å². The van der Waals surface area contributed by atoms with Gasteiger partial charge in [-0.3, -0.25) is 0 Å². The Labute approximate surface area is 82.9 Å². The van der Waals surface area contributed by atoms with E-state index < -0.39 is 33.8 Å². The number of nitrogens with one attached hydrogen (secondary N) is 1. The average Bonchev–Trinajstić information content (AvgIpc) is 1.99. The van der Waals surface area contributed by atoms with Crippen molar-refractivity contribution in [1.29, 1.82) is 0 Å². The van der Waals surface area contributed by atoms with E-state index in [1.165, 1.54) is 20.8 Å². The molecule has 4 nitrogen and oxygen atoms in total. The van der Waals surface area contributed by atoms with E-state index in [4.69, 9.17) is 5.73 Å². The molecule has 0 atom stereocenters. The molecule has 3 N–H and O–H groups in total. The third kappa shape index (κ3) is 3.85. The highest BCUT2D eigenvalue weighted by molar-refractivity contribution is 7.90.